The molecule has 7 nitrogen and oxygen atoms in total. The van der Waals surface area contributed by atoms with Crippen molar-refractivity contribution in [1.82, 2.24) is 10.6 Å². The third-order valence-corrected chi connectivity index (χ3v) is 1.80. The molecule has 15 heavy (non-hydrogen) atoms. The Balaban J connectivity index is 3.57. The number of nitrogens with one attached hydrogen (secondary N) is 3. The predicted molar refractivity (Wildman–Crippen MR) is 54.4 cm³/mol. The van der Waals surface area contributed by atoms with Crippen molar-refractivity contribution in [2.75, 3.05) is 6.54 Å². The van der Waals surface area contributed by atoms with Crippen molar-refractivity contribution in [2.24, 2.45) is 5.73 Å². The van der Waals surface area contributed by atoms with Crippen LogP contribution in [0.3, 0.4) is 0 Å². The number of hydrogen-bond acceptors (Lipinski definition) is 3. The van der Waals surface area contributed by atoms with Gasteiger partial charge < -0.3 is 21.5 Å². The number of amides is 1. The summed E-state index contributed by atoms with van der Waals surface area (Å²) in [6.45, 7) is 0.531. The van der Waals surface area contributed by atoms with E-state index in [2.05, 4.69) is 10.6 Å². The molecule has 0 aromatic heterocycles. The average Bonchev–Trinajstić information content (AvgIpc) is 2.15. The number of aliphatic carboxylic acids is 1. The van der Waals surface area contributed by atoms with Gasteiger partial charge in [-0.25, -0.2) is 4.79 Å². The second-order valence-corrected chi connectivity index (χ2v) is 3.01. The van der Waals surface area contributed by atoms with Gasteiger partial charge in [0.1, 0.15) is 6.04 Å². The number of carboxylic acids is 1. The van der Waals surface area contributed by atoms with E-state index in [-0.39, 0.29) is 5.96 Å². The smallest absolute Gasteiger partial charge is 0.326 e. The second-order valence-electron chi connectivity index (χ2n) is 3.01. The van der Waals surface area contributed by atoms with Gasteiger partial charge in [-0.05, 0) is 19.3 Å². The van der Waals surface area contributed by atoms with Crippen LogP contribution in [0, 0.1) is 5.41 Å². The molecule has 0 radical (unpaired) electrons. The van der Waals surface area contributed by atoms with Crippen LogP contribution in [0.5, 0.6) is 0 Å². The summed E-state index contributed by atoms with van der Waals surface area (Å²) in [5, 5.41) is 20.3. The van der Waals surface area contributed by atoms with Gasteiger partial charge in [0.25, 0.3) is 0 Å². The molecule has 0 saturated carbocycles. The van der Waals surface area contributed by atoms with Crippen molar-refractivity contribution >= 4 is 18.3 Å². The molecule has 0 aliphatic rings. The summed E-state index contributed by atoms with van der Waals surface area (Å²) in [6.07, 6.45) is 2.09. The molecular weight excluding hydrogens is 200 g/mol. The lowest BCUT2D eigenvalue weighted by Crippen LogP contribution is -2.36. The molecule has 0 unspecified atom stereocenters. The number of carbonyl (C=O) groups excluding carboxylic acids is 1. The van der Waals surface area contributed by atoms with Crippen LogP contribution in [0.15, 0.2) is 0 Å². The van der Waals surface area contributed by atoms with Gasteiger partial charge in [-0.1, -0.05) is 0 Å². The lowest BCUT2D eigenvalue weighted by Gasteiger charge is -2.10. The van der Waals surface area contributed by atoms with Crippen LogP contribution in [0.4, 0.5) is 0 Å². The number of hydrogen-bond donors (Lipinski definition) is 5. The summed E-state index contributed by atoms with van der Waals surface area (Å²) in [5.41, 5.74) is 5.05. The van der Waals surface area contributed by atoms with Gasteiger partial charge in [-0.15, -0.1) is 0 Å². The summed E-state index contributed by atoms with van der Waals surface area (Å²) < 4.78 is 0. The number of carboxylic acid groups (broad SMARTS) is 1. The summed E-state index contributed by atoms with van der Waals surface area (Å²) in [7, 11) is 0. The van der Waals surface area contributed by atoms with Crippen LogP contribution in [-0.2, 0) is 9.59 Å². The van der Waals surface area contributed by atoms with Crippen molar-refractivity contribution in [3.63, 3.8) is 0 Å². The predicted octanol–water partition coefficient (Wildman–Crippen LogP) is -1.16. The third-order valence-electron chi connectivity index (χ3n) is 1.80. The van der Waals surface area contributed by atoms with Crippen LogP contribution in [0.25, 0.3) is 0 Å². The maximum atomic E-state index is 10.6. The monoisotopic (exact) mass is 216 g/mol. The molecule has 0 fully saturated rings. The van der Waals surface area contributed by atoms with Crippen molar-refractivity contribution in [2.45, 2.75) is 25.3 Å². The van der Waals surface area contributed by atoms with Crippen LogP contribution >= 0.6 is 0 Å². The highest BCUT2D eigenvalue weighted by atomic mass is 16.4. The Labute approximate surface area is 87.5 Å². The second kappa shape index (κ2) is 7.60. The Morgan fingerprint density at radius 2 is 2.20 bits per heavy atom. The highest BCUT2D eigenvalue weighted by Crippen LogP contribution is 2.00. The molecule has 7 heteroatoms. The van der Waals surface area contributed by atoms with Crippen molar-refractivity contribution in [1.29, 1.82) is 5.41 Å². The van der Waals surface area contributed by atoms with E-state index in [1.165, 1.54) is 0 Å². The Morgan fingerprint density at radius 3 is 2.67 bits per heavy atom. The maximum absolute atomic E-state index is 10.6. The highest BCUT2D eigenvalue weighted by molar-refractivity contribution is 5.76. The fraction of sp³-hybridized carbons (Fsp3) is 0.625. The minimum Gasteiger partial charge on any atom is -0.480 e. The maximum Gasteiger partial charge on any atom is 0.326 e. The normalized spacial score (nSPS) is 11.5. The third kappa shape index (κ3) is 7.29. The van der Waals surface area contributed by atoms with Gasteiger partial charge in [0, 0.05) is 6.54 Å². The average molecular weight is 216 g/mol. The highest BCUT2D eigenvalue weighted by Gasteiger charge is 2.14. The lowest BCUT2D eigenvalue weighted by atomic mass is 10.1. The summed E-state index contributed by atoms with van der Waals surface area (Å²) in [6, 6.07) is -0.833. The molecule has 0 aliphatic heterocycles. The van der Waals surface area contributed by atoms with E-state index < -0.39 is 12.0 Å². The number of guanidine groups is 1. The van der Waals surface area contributed by atoms with E-state index >= 15 is 0 Å². The van der Waals surface area contributed by atoms with E-state index in [4.69, 9.17) is 16.2 Å². The minimum atomic E-state index is -1.04. The molecule has 0 heterocycles. The quantitative estimate of drug-likeness (QED) is 0.151. The first-order valence-electron chi connectivity index (χ1n) is 4.58. The van der Waals surface area contributed by atoms with Crippen LogP contribution in [0.1, 0.15) is 19.3 Å². The van der Waals surface area contributed by atoms with Gasteiger partial charge in [0.2, 0.25) is 6.41 Å². The lowest BCUT2D eigenvalue weighted by molar-refractivity contribution is -0.140. The molecule has 0 bridgehead atoms. The molecule has 86 valence electrons. The number of rotatable bonds is 8. The Morgan fingerprint density at radius 1 is 1.53 bits per heavy atom. The van der Waals surface area contributed by atoms with Gasteiger partial charge >= 0.3 is 5.97 Å². The van der Waals surface area contributed by atoms with Crippen LogP contribution < -0.4 is 16.4 Å². The van der Waals surface area contributed by atoms with E-state index in [9.17, 15) is 9.59 Å². The molecule has 1 atom stereocenters. The van der Waals surface area contributed by atoms with Crippen molar-refractivity contribution in [3.8, 4) is 0 Å². The molecule has 0 aromatic carbocycles. The Hall–Kier alpha value is -1.79. The number of nitrogens with two attached hydrogens (primary N) is 1. The SMILES string of the molecule is N=C(N)NCCCC[C@H](NC=O)C(=O)O. The first-order chi connectivity index (χ1) is 7.07. The molecule has 1 amide bonds. The van der Waals surface area contributed by atoms with Gasteiger partial charge in [0.05, 0.1) is 0 Å². The molecule has 0 spiro atoms. The van der Waals surface area contributed by atoms with Crippen molar-refractivity contribution < 1.29 is 14.7 Å². The molecule has 0 aliphatic carbocycles. The van der Waals surface area contributed by atoms with Gasteiger partial charge in [0.15, 0.2) is 5.96 Å². The summed E-state index contributed by atoms with van der Waals surface area (Å²) in [5.74, 6) is -1.14. The first kappa shape index (κ1) is 13.2. The van der Waals surface area contributed by atoms with E-state index in [1.54, 1.807) is 0 Å². The molecule has 0 aromatic rings. The van der Waals surface area contributed by atoms with E-state index in [0.717, 1.165) is 0 Å². The zero-order chi connectivity index (χ0) is 11.7. The van der Waals surface area contributed by atoms with Gasteiger partial charge in [-0.2, -0.15) is 0 Å². The molecule has 0 saturated heterocycles. The largest absolute Gasteiger partial charge is 0.480 e. The van der Waals surface area contributed by atoms with Crippen LogP contribution in [0.2, 0.25) is 0 Å². The fourth-order valence-corrected chi connectivity index (χ4v) is 1.06. The minimum absolute atomic E-state index is 0.101. The standard InChI is InChI=1S/C8H16N4O3/c9-8(10)11-4-2-1-3-6(7(14)15)12-5-13/h5-6H,1-4H2,(H,12,13)(H,14,15)(H4,9,10,11)/t6-/m0/s1. The Bertz CT molecular complexity index is 232. The molecule has 6 N–H and O–H groups in total. The van der Waals surface area contributed by atoms with Crippen LogP contribution in [-0.4, -0.2) is 36.0 Å². The summed E-state index contributed by atoms with van der Waals surface area (Å²) in [4.78, 5) is 20.6. The number of unbranched alkanes of at least 4 members (excludes halogenated alkanes) is 1. The fourth-order valence-electron chi connectivity index (χ4n) is 1.06. The summed E-state index contributed by atoms with van der Waals surface area (Å²) >= 11 is 0. The topological polar surface area (TPSA) is 128 Å². The molecule has 0 rings (SSSR count). The van der Waals surface area contributed by atoms with E-state index in [0.29, 0.717) is 32.2 Å². The first-order valence-corrected chi connectivity index (χ1v) is 4.58. The number of carbonyl (C=O) groups is 2. The Kier molecular flexibility index (Phi) is 6.69. The zero-order valence-corrected chi connectivity index (χ0v) is 8.32. The van der Waals surface area contributed by atoms with E-state index in [1.807, 2.05) is 0 Å². The van der Waals surface area contributed by atoms with Crippen molar-refractivity contribution in [3.05, 3.63) is 0 Å². The van der Waals surface area contributed by atoms with Gasteiger partial charge in [-0.3, -0.25) is 10.2 Å². The zero-order valence-electron chi connectivity index (χ0n) is 8.32. The molecular formula is C8H16N4O3.